The van der Waals surface area contributed by atoms with Gasteiger partial charge in [0.25, 0.3) is 11.8 Å². The largest absolute Gasteiger partial charge is 0.480 e. The van der Waals surface area contributed by atoms with Gasteiger partial charge in [-0.05, 0) is 88.4 Å². The van der Waals surface area contributed by atoms with Crippen molar-refractivity contribution < 1.29 is 51.3 Å². The smallest absolute Gasteiger partial charge is 0.253 e. The Morgan fingerprint density at radius 1 is 0.934 bits per heavy atom. The van der Waals surface area contributed by atoms with Crippen LogP contribution in [0.4, 0.5) is 17.6 Å². The summed E-state index contributed by atoms with van der Waals surface area (Å²) in [5.74, 6) is -6.74. The zero-order valence-electron chi connectivity index (χ0n) is 43.0. The topological polar surface area (TPSA) is 180 Å². The summed E-state index contributed by atoms with van der Waals surface area (Å²) in [7, 11) is 2.96. The number of aliphatic hydroxyl groups excluding tert-OH is 1. The van der Waals surface area contributed by atoms with E-state index in [0.717, 1.165) is 24.6 Å². The minimum Gasteiger partial charge on any atom is -0.480 e. The lowest BCUT2D eigenvalue weighted by molar-refractivity contribution is -0.145. The van der Waals surface area contributed by atoms with E-state index >= 15 is 17.6 Å². The number of pyridine rings is 1. The van der Waals surface area contributed by atoms with Gasteiger partial charge in [-0.3, -0.25) is 29.2 Å². The van der Waals surface area contributed by atoms with Crippen molar-refractivity contribution in [3.8, 4) is 22.8 Å². The average molecular weight is 1070 g/mol. The number of aryl methyl sites for hydroxylation is 1. The van der Waals surface area contributed by atoms with E-state index in [1.54, 1.807) is 7.05 Å². The number of likely N-dealkylation sites (tertiary alicyclic amines) is 2. The zero-order valence-corrected chi connectivity index (χ0v) is 43.8. The van der Waals surface area contributed by atoms with E-state index in [1.807, 2.05) is 42.2 Å². The molecule has 1 aliphatic carbocycles. The molecule has 0 radical (unpaired) electrons. The summed E-state index contributed by atoms with van der Waals surface area (Å²) in [6.45, 7) is 6.06. The molecule has 4 aliphatic heterocycles. The molecule has 404 valence electrons. The van der Waals surface area contributed by atoms with E-state index < -0.39 is 75.4 Å². The van der Waals surface area contributed by atoms with Crippen molar-refractivity contribution in [3.05, 3.63) is 105 Å². The van der Waals surface area contributed by atoms with Crippen LogP contribution in [0.3, 0.4) is 0 Å². The van der Waals surface area contributed by atoms with Crippen molar-refractivity contribution in [2.24, 2.45) is 12.5 Å². The van der Waals surface area contributed by atoms with Crippen LogP contribution in [-0.2, 0) is 27.0 Å². The highest BCUT2D eigenvalue weighted by atomic mass is 35.5. The molecule has 4 amide bonds. The van der Waals surface area contributed by atoms with E-state index in [0.29, 0.717) is 70.3 Å². The summed E-state index contributed by atoms with van der Waals surface area (Å²) in [6.07, 6.45) is 6.91. The summed E-state index contributed by atoms with van der Waals surface area (Å²) in [4.78, 5) is 60.4. The molecule has 3 aromatic carbocycles. The molecule has 5 aromatic rings. The van der Waals surface area contributed by atoms with E-state index in [1.165, 1.54) is 23.9 Å². The fraction of sp³-hybridized carbons (Fsp3) is 0.500. The van der Waals surface area contributed by atoms with Crippen molar-refractivity contribution in [2.75, 3.05) is 53.0 Å². The maximum atomic E-state index is 16.6. The van der Waals surface area contributed by atoms with Crippen LogP contribution >= 0.6 is 11.6 Å². The van der Waals surface area contributed by atoms with Gasteiger partial charge in [-0.1, -0.05) is 55.8 Å². The standard InChI is InChI=1S/C56H63ClF4N8O7/c1-30-42-40(27-39(59)46(57)45(42)44-37(51(72)62-3)28-63-53(48(44)61)75-25-24-70)76-56(30,32-8-6-5-7-9-32)29-64-33-12-18-55(2,19-13-33)54(74)69-22-16-34(17-23-69)68-20-14-31(15-21-68)43-38(58)26-36-49(66-67(4)50(36)47(43)60)35-10-11-41(71)65-52(35)73/h5-9,26-28,30-31,33-35,64,70H,10-25,29H2,1-4H3,(H,62,72)(H,65,71,73)/t30-,33?,35?,55?,56-/m0/s1. The van der Waals surface area contributed by atoms with Gasteiger partial charge in [-0.15, -0.1) is 0 Å². The maximum Gasteiger partial charge on any atom is 0.253 e. The number of hydrogen-bond donors (Lipinski definition) is 4. The van der Waals surface area contributed by atoms with Crippen LogP contribution in [0, 0.1) is 28.7 Å². The van der Waals surface area contributed by atoms with E-state index in [2.05, 4.69) is 37.9 Å². The fourth-order valence-electron chi connectivity index (χ4n) is 12.8. The lowest BCUT2D eigenvalue weighted by Crippen LogP contribution is -2.53. The highest BCUT2D eigenvalue weighted by molar-refractivity contribution is 6.34. The first-order valence-corrected chi connectivity index (χ1v) is 26.7. The number of benzene rings is 3. The normalized spacial score (nSPS) is 24.6. The second-order valence-corrected chi connectivity index (χ2v) is 21.8. The van der Waals surface area contributed by atoms with Crippen molar-refractivity contribution in [1.82, 2.24) is 40.5 Å². The predicted octanol–water partition coefficient (Wildman–Crippen LogP) is 7.90. The molecular formula is C56H63ClF4N8O7. The minimum atomic E-state index is -1.15. The van der Waals surface area contributed by atoms with E-state index in [9.17, 15) is 24.3 Å². The number of carbonyl (C=O) groups is 4. The SMILES string of the molecule is CNC(=O)c1cnc(OCCO)c(F)c1-c1c(Cl)c(F)cc2c1[C@H](C)[C@@](CNC1CCC(C)(C(=O)N3CCC(N4CCC(c5c(F)cc6c(C7CCC(=O)NC7=O)nn(C)c6c5F)CC4)CC3)CC1)(c1ccccc1)O2. The number of nitrogens with zero attached hydrogens (tertiary/aromatic N) is 5. The van der Waals surface area contributed by atoms with Gasteiger partial charge in [-0.25, -0.2) is 22.5 Å². The molecule has 5 aliphatic rings. The number of aromatic nitrogens is 3. The second kappa shape index (κ2) is 21.3. The Labute approximate surface area is 443 Å². The molecule has 1 saturated carbocycles. The number of carbonyl (C=O) groups excluding carboxylic acids is 4. The molecule has 20 heteroatoms. The molecular weight excluding hydrogens is 1010 g/mol. The predicted molar refractivity (Wildman–Crippen MR) is 275 cm³/mol. The number of nitrogens with one attached hydrogen (secondary N) is 3. The fourth-order valence-corrected chi connectivity index (χ4v) is 13.1. The Hall–Kier alpha value is -6.15. The first-order valence-electron chi connectivity index (χ1n) is 26.3. The minimum absolute atomic E-state index is 0.00135. The Morgan fingerprint density at radius 3 is 2.32 bits per heavy atom. The molecule has 3 saturated heterocycles. The van der Waals surface area contributed by atoms with Crippen molar-refractivity contribution >= 4 is 46.1 Å². The summed E-state index contributed by atoms with van der Waals surface area (Å²) >= 11 is 6.77. The average Bonchev–Trinajstić information content (AvgIpc) is 3.90. The summed E-state index contributed by atoms with van der Waals surface area (Å²) < 4.78 is 78.5. The van der Waals surface area contributed by atoms with Gasteiger partial charge in [0.1, 0.15) is 29.5 Å². The quantitative estimate of drug-likeness (QED) is 0.0666. The number of halogens is 5. The third-order valence-electron chi connectivity index (χ3n) is 17.1. The monoisotopic (exact) mass is 1070 g/mol. The third-order valence-corrected chi connectivity index (χ3v) is 17.4. The van der Waals surface area contributed by atoms with Gasteiger partial charge in [0, 0.05) is 103 Å². The molecule has 2 aromatic heterocycles. The highest BCUT2D eigenvalue weighted by Gasteiger charge is 2.51. The number of imide groups is 1. The Kier molecular flexibility index (Phi) is 15.0. The third kappa shape index (κ3) is 9.48. The van der Waals surface area contributed by atoms with Crippen LogP contribution in [0.1, 0.15) is 129 Å². The lowest BCUT2D eigenvalue weighted by Gasteiger charge is -2.45. The van der Waals surface area contributed by atoms with Gasteiger partial charge in [0.15, 0.2) is 17.2 Å². The first-order chi connectivity index (χ1) is 36.5. The van der Waals surface area contributed by atoms with Gasteiger partial charge in [0.05, 0.1) is 28.8 Å². The number of fused-ring (bicyclic) bond motifs is 2. The van der Waals surface area contributed by atoms with Crippen molar-refractivity contribution in [3.63, 3.8) is 0 Å². The molecule has 4 fully saturated rings. The summed E-state index contributed by atoms with van der Waals surface area (Å²) in [5.41, 5.74) is -0.666. The van der Waals surface area contributed by atoms with Crippen LogP contribution in [0.25, 0.3) is 22.0 Å². The van der Waals surface area contributed by atoms with Crippen LogP contribution in [0.2, 0.25) is 5.02 Å². The van der Waals surface area contributed by atoms with Crippen LogP contribution in [0.15, 0.2) is 48.7 Å². The molecule has 0 bridgehead atoms. The van der Waals surface area contributed by atoms with Crippen molar-refractivity contribution in [2.45, 2.75) is 113 Å². The zero-order chi connectivity index (χ0) is 53.8. The van der Waals surface area contributed by atoms with Gasteiger partial charge < -0.3 is 35.0 Å². The maximum absolute atomic E-state index is 16.6. The second-order valence-electron chi connectivity index (χ2n) is 21.4. The van der Waals surface area contributed by atoms with Gasteiger partial charge in [0.2, 0.25) is 17.7 Å². The number of rotatable bonds is 13. The Morgan fingerprint density at radius 2 is 1.64 bits per heavy atom. The molecule has 1 unspecified atom stereocenters. The molecule has 10 rings (SSSR count). The van der Waals surface area contributed by atoms with E-state index in [4.69, 9.17) is 21.1 Å². The Balaban J connectivity index is 0.774. The van der Waals surface area contributed by atoms with E-state index in [-0.39, 0.29) is 100 Å². The molecule has 76 heavy (non-hydrogen) atoms. The number of piperidine rings is 3. The molecule has 3 atom stereocenters. The molecule has 4 N–H and O–H groups in total. The molecule has 6 heterocycles. The highest BCUT2D eigenvalue weighted by Crippen LogP contribution is 2.57. The Bertz CT molecular complexity index is 3080. The van der Waals surface area contributed by atoms with Gasteiger partial charge in [-0.2, -0.15) is 5.10 Å². The van der Waals surface area contributed by atoms with Gasteiger partial charge >= 0.3 is 0 Å². The van der Waals surface area contributed by atoms with Crippen LogP contribution < -0.4 is 25.4 Å². The van der Waals surface area contributed by atoms with Crippen LogP contribution in [-0.4, -0.2) is 118 Å². The number of hydrogen-bond acceptors (Lipinski definition) is 11. The first kappa shape index (κ1) is 53.3. The molecule has 15 nitrogen and oxygen atoms in total. The van der Waals surface area contributed by atoms with Crippen molar-refractivity contribution in [1.29, 1.82) is 0 Å². The summed E-state index contributed by atoms with van der Waals surface area (Å²) in [6, 6.07) is 12.2. The number of aliphatic hydroxyl groups is 1. The number of ether oxygens (including phenoxy) is 2. The summed E-state index contributed by atoms with van der Waals surface area (Å²) in [5, 5.41) is 22.2. The number of amides is 4. The lowest BCUT2D eigenvalue weighted by atomic mass is 9.72. The van der Waals surface area contributed by atoms with Crippen LogP contribution in [0.5, 0.6) is 11.6 Å². The molecule has 0 spiro atoms.